The quantitative estimate of drug-likeness (QED) is 0.0289. The number of aromatic nitrogens is 9. The zero-order valence-corrected chi connectivity index (χ0v) is 58.4. The molecule has 0 spiro atoms. The Labute approximate surface area is 588 Å². The van der Waals surface area contributed by atoms with Gasteiger partial charge in [-0.1, -0.05) is 132 Å². The van der Waals surface area contributed by atoms with Crippen LogP contribution in [-0.4, -0.2) is 128 Å². The summed E-state index contributed by atoms with van der Waals surface area (Å²) in [5.41, 5.74) is 6.26. The number of nitrogens with one attached hydrogen (secondary N) is 6. The first kappa shape index (κ1) is 70.4. The number of thiazole rings is 3. The summed E-state index contributed by atoms with van der Waals surface area (Å²) >= 11 is 22.4. The van der Waals surface area contributed by atoms with Crippen molar-refractivity contribution in [2.45, 2.75) is 72.0 Å². The normalized spacial score (nSPS) is 15.2. The number of hydrogen-bond donors (Lipinski definition) is 6. The topological polar surface area (TPSA) is 259 Å². The van der Waals surface area contributed by atoms with Gasteiger partial charge >= 0.3 is 0 Å². The molecule has 6 aromatic heterocycles. The summed E-state index contributed by atoms with van der Waals surface area (Å²) in [5.74, 6) is 1.38. The smallest absolute Gasteiger partial charge is 0.267 e. The van der Waals surface area contributed by atoms with Gasteiger partial charge in [-0.3, -0.25) is 38.0 Å². The molecule has 0 radical (unpaired) electrons. The highest BCUT2D eigenvalue weighted by Crippen LogP contribution is 2.33. The van der Waals surface area contributed by atoms with Gasteiger partial charge in [0.05, 0.1) is 68.6 Å². The molecule has 5 amide bonds. The van der Waals surface area contributed by atoms with E-state index in [0.29, 0.717) is 105 Å². The summed E-state index contributed by atoms with van der Waals surface area (Å²) in [6.45, 7) is 27.1. The second-order valence-electron chi connectivity index (χ2n) is 23.2. The van der Waals surface area contributed by atoms with E-state index < -0.39 is 0 Å². The monoisotopic (exact) mass is 1420 g/mol. The maximum atomic E-state index is 12.6. The van der Waals surface area contributed by atoms with Crippen molar-refractivity contribution in [1.82, 2.24) is 59.0 Å². The highest BCUT2D eigenvalue weighted by molar-refractivity contribution is 7.18. The zero-order valence-electron chi connectivity index (χ0n) is 53.6. The minimum atomic E-state index is -0.267. The molecule has 97 heavy (non-hydrogen) atoms. The lowest BCUT2D eigenvalue weighted by molar-refractivity contribution is -0.127. The molecule has 6 N–H and O–H groups in total. The lowest BCUT2D eigenvalue weighted by atomic mass is 9.97. The first-order valence-electron chi connectivity index (χ1n) is 31.2. The van der Waals surface area contributed by atoms with Gasteiger partial charge in [0.2, 0.25) is 11.8 Å². The first-order valence-corrected chi connectivity index (χ1v) is 34.8. The molecule has 0 aliphatic carbocycles. The predicted octanol–water partition coefficient (Wildman–Crippen LogP) is 14.7. The van der Waals surface area contributed by atoms with Crippen LogP contribution in [0.15, 0.2) is 160 Å². The van der Waals surface area contributed by atoms with Crippen LogP contribution in [-0.2, 0) is 22.7 Å². The predicted molar refractivity (Wildman–Crippen MR) is 389 cm³/mol. The third-order valence-corrected chi connectivity index (χ3v) is 20.0. The van der Waals surface area contributed by atoms with Crippen molar-refractivity contribution < 1.29 is 24.0 Å². The van der Waals surface area contributed by atoms with Crippen LogP contribution in [0.2, 0.25) is 15.1 Å². The number of hydrogen-bond acceptors (Lipinski definition) is 18. The van der Waals surface area contributed by atoms with Crippen LogP contribution >= 0.6 is 68.8 Å². The number of amides is 5. The number of aryl methyl sites for hydroxylation is 3. The van der Waals surface area contributed by atoms with Gasteiger partial charge in [-0.05, 0) is 118 Å². The largest absolute Gasteiger partial charge is 0.372 e. The Hall–Kier alpha value is -9.44. The summed E-state index contributed by atoms with van der Waals surface area (Å²) in [6.07, 6.45) is 21.6. The van der Waals surface area contributed by atoms with Gasteiger partial charge in [0.25, 0.3) is 17.7 Å². The fourth-order valence-corrected chi connectivity index (χ4v) is 14.1. The number of allylic oxidation sites excluding steroid dienone is 1. The van der Waals surface area contributed by atoms with Gasteiger partial charge < -0.3 is 46.6 Å². The number of carbonyl (C=O) groups excluding carboxylic acids is 5. The number of benzene rings is 3. The summed E-state index contributed by atoms with van der Waals surface area (Å²) in [6, 6.07) is 20.4. The Morgan fingerprint density at radius 1 is 0.536 bits per heavy atom. The van der Waals surface area contributed by atoms with E-state index in [1.807, 2.05) is 113 Å². The molecule has 2 unspecified atom stereocenters. The lowest BCUT2D eigenvalue weighted by Crippen LogP contribution is -2.38. The van der Waals surface area contributed by atoms with Crippen molar-refractivity contribution >= 4 is 148 Å². The fraction of sp³-hybridized carbons (Fsp3) is 0.279. The Bertz CT molecular complexity index is 4260. The van der Waals surface area contributed by atoms with Crippen LogP contribution in [0, 0.1) is 32.6 Å². The summed E-state index contributed by atoms with van der Waals surface area (Å²) in [4.78, 5) is 81.6. The van der Waals surface area contributed by atoms with Crippen molar-refractivity contribution in [1.29, 1.82) is 0 Å². The van der Waals surface area contributed by atoms with Gasteiger partial charge in [0.1, 0.15) is 14.6 Å². The standard InChI is InChI=1S/C24H27ClN6OS.2C22H23ClN6O2S/c1-4-17(3)30-11-6-8-18(14-30)15-31-12-10-21(29-31)27-24-26-13-20(33-24)23(32)28-22-16(2)7-5-9-19(22)25;1-3-19(30)28-9-7-16(8-10-28)29-13-15(11-25-29)26-22-24-12-18(32-22)21(31)27-20-14(2)5-4-6-17(20)23;1-3-19(30)28-9-7-15(12-28)13-29-10-8-18(27-29)25-22-24-11-17(32-22)21(31)26-20-14(2)5-4-6-16(20)23/h4-5,7,9-10,12-13,18H,1,3,6,8,11,14-15H2,2H3,(H,28,32)(H,26,27,29);3-6,11-13,16H,1,7-10H2,2H3,(H,24,26)(H,27,31);3-6,8,10-11,15H,1,7,9,12-13H2,2H3,(H,26,31)(H,24,25,27). The van der Waals surface area contributed by atoms with Crippen LogP contribution in [0.4, 0.5) is 49.8 Å². The number of likely N-dealkylation sites (tertiary alicyclic amines) is 3. The molecule has 3 saturated heterocycles. The molecule has 3 aromatic carbocycles. The van der Waals surface area contributed by atoms with Crippen molar-refractivity contribution in [3.05, 3.63) is 207 Å². The minimum Gasteiger partial charge on any atom is -0.372 e. The van der Waals surface area contributed by atoms with Gasteiger partial charge in [-0.25, -0.2) is 15.0 Å². The van der Waals surface area contributed by atoms with Crippen molar-refractivity contribution in [3.63, 3.8) is 0 Å². The number of rotatable bonds is 21. The third-order valence-electron chi connectivity index (χ3n) is 16.3. The fourth-order valence-electron chi connectivity index (χ4n) is 11.1. The summed E-state index contributed by atoms with van der Waals surface area (Å²) in [7, 11) is 0. The number of carbonyl (C=O) groups is 5. The average molecular weight is 1430 g/mol. The zero-order chi connectivity index (χ0) is 68.7. The maximum absolute atomic E-state index is 12.6. The second kappa shape index (κ2) is 33.0. The number of para-hydroxylation sites is 3. The van der Waals surface area contributed by atoms with E-state index in [2.05, 4.69) is 93.4 Å². The number of anilines is 9. The van der Waals surface area contributed by atoms with Crippen molar-refractivity contribution in [2.24, 2.45) is 11.8 Å². The molecule has 12 rings (SSSR count). The molecule has 9 heterocycles. The highest BCUT2D eigenvalue weighted by atomic mass is 35.5. The summed E-state index contributed by atoms with van der Waals surface area (Å²) < 4.78 is 5.73. The Kier molecular flexibility index (Phi) is 23.9. The van der Waals surface area contributed by atoms with Crippen LogP contribution in [0.25, 0.3) is 0 Å². The van der Waals surface area contributed by atoms with Crippen LogP contribution in [0.5, 0.6) is 0 Å². The number of halogens is 3. The molecule has 9 aromatic rings. The van der Waals surface area contributed by atoms with Crippen LogP contribution in [0.3, 0.4) is 0 Å². The third kappa shape index (κ3) is 18.8. The number of piperidine rings is 2. The molecule has 3 aliphatic heterocycles. The Balaban J connectivity index is 0.000000158. The van der Waals surface area contributed by atoms with Gasteiger partial charge in [0.15, 0.2) is 27.0 Å². The Morgan fingerprint density at radius 2 is 0.969 bits per heavy atom. The van der Waals surface area contributed by atoms with E-state index in [9.17, 15) is 24.0 Å². The maximum Gasteiger partial charge on any atom is 0.267 e. The molecule has 3 aliphatic rings. The second-order valence-corrected chi connectivity index (χ2v) is 27.5. The SMILES string of the molecule is C=CC(=C)N1CCCC(Cn2ccc(Nc3ncc(C(=O)Nc4c(C)cccc4Cl)s3)n2)C1.C=CC(=O)N1CCC(Cn2ccc(Nc3ncc(C(=O)Nc4c(C)cccc4Cl)s3)n2)C1.C=CC(=O)N1CCC(n2cc(Nc3ncc(C(=O)Nc4c(C)cccc4Cl)s3)cn2)CC1. The minimum absolute atomic E-state index is 0.0244. The molecule has 504 valence electrons. The van der Waals surface area contributed by atoms with E-state index in [1.165, 1.54) is 65.0 Å². The summed E-state index contributed by atoms with van der Waals surface area (Å²) in [5, 5.41) is 35.0. The van der Waals surface area contributed by atoms with Gasteiger partial charge in [-0.2, -0.15) is 15.3 Å². The van der Waals surface area contributed by atoms with E-state index >= 15 is 0 Å². The van der Waals surface area contributed by atoms with Gasteiger partial charge in [-0.15, -0.1) is 0 Å². The van der Waals surface area contributed by atoms with Crippen LogP contribution < -0.4 is 31.9 Å². The Morgan fingerprint density at radius 3 is 1.42 bits per heavy atom. The van der Waals surface area contributed by atoms with E-state index in [0.717, 1.165) is 86.5 Å². The molecule has 2 atom stereocenters. The molecular formula is C68H73Cl3N18O5S3. The molecule has 29 heteroatoms. The van der Waals surface area contributed by atoms with Crippen molar-refractivity contribution in [2.75, 3.05) is 71.2 Å². The molecule has 3 fully saturated rings. The molecule has 23 nitrogen and oxygen atoms in total. The van der Waals surface area contributed by atoms with E-state index in [-0.39, 0.29) is 35.6 Å². The highest BCUT2D eigenvalue weighted by Gasteiger charge is 2.27. The van der Waals surface area contributed by atoms with E-state index in [1.54, 1.807) is 35.5 Å². The average Bonchev–Trinajstić information content (AvgIpc) is 1.89. The molecular weight excluding hydrogens is 1350 g/mol. The van der Waals surface area contributed by atoms with E-state index in [4.69, 9.17) is 34.8 Å². The van der Waals surface area contributed by atoms with Crippen LogP contribution in [0.1, 0.15) is 83.9 Å². The van der Waals surface area contributed by atoms with Crippen molar-refractivity contribution in [3.8, 4) is 0 Å². The van der Waals surface area contributed by atoms with Gasteiger partial charge in [0, 0.05) is 88.8 Å². The first-order chi connectivity index (χ1) is 46.8. The lowest BCUT2D eigenvalue weighted by Gasteiger charge is -2.34. The molecule has 0 bridgehead atoms. The number of nitrogens with zero attached hydrogens (tertiary/aromatic N) is 12. The molecule has 0 saturated carbocycles.